The summed E-state index contributed by atoms with van der Waals surface area (Å²) >= 11 is 0. The molecule has 1 unspecified atom stereocenters. The summed E-state index contributed by atoms with van der Waals surface area (Å²) in [5, 5.41) is 11.2. The number of hydrogen-bond donors (Lipinski definition) is 1. The molecule has 7 nitrogen and oxygen atoms in total. The van der Waals surface area contributed by atoms with Crippen molar-refractivity contribution >= 4 is 17.7 Å². The van der Waals surface area contributed by atoms with Gasteiger partial charge in [-0.15, -0.1) is 5.10 Å². The SMILES string of the molecule is CN(C)c1ccc(C=CCN2CCCCC2CCn2cc(C(=O)NC3CC3)nn2)cc1. The Labute approximate surface area is 185 Å². The standard InChI is InChI=1S/C24H34N6O/c1-28(2)21-12-8-19(9-13-21)6-5-16-29-15-4-3-7-22(29)14-17-30-18-23(26-27-30)24(31)25-20-10-11-20/h5-6,8-9,12-13,18,20,22H,3-4,7,10-11,14-17H2,1-2H3,(H,25,31). The van der Waals surface area contributed by atoms with Crippen molar-refractivity contribution in [1.82, 2.24) is 25.2 Å². The normalized spacial score (nSPS) is 19.6. The molecular formula is C24H34N6O. The molecule has 2 heterocycles. The predicted molar refractivity (Wildman–Crippen MR) is 124 cm³/mol. The molecule has 0 bridgehead atoms. The zero-order valence-corrected chi connectivity index (χ0v) is 18.7. The average molecular weight is 423 g/mol. The molecule has 1 aliphatic heterocycles. The number of nitrogens with one attached hydrogen (secondary N) is 1. The molecule has 1 saturated carbocycles. The number of likely N-dealkylation sites (tertiary alicyclic amines) is 1. The number of anilines is 1. The van der Waals surface area contributed by atoms with Gasteiger partial charge in [-0.25, -0.2) is 0 Å². The summed E-state index contributed by atoms with van der Waals surface area (Å²) < 4.78 is 1.82. The van der Waals surface area contributed by atoms with Gasteiger partial charge in [-0.05, 0) is 56.3 Å². The number of carbonyl (C=O) groups excluding carboxylic acids is 1. The van der Waals surface area contributed by atoms with E-state index in [9.17, 15) is 4.79 Å². The van der Waals surface area contributed by atoms with Crippen molar-refractivity contribution in [2.45, 2.75) is 57.2 Å². The number of aromatic nitrogens is 3. The number of amides is 1. The minimum absolute atomic E-state index is 0.100. The molecule has 1 N–H and O–H groups in total. The third-order valence-corrected chi connectivity index (χ3v) is 6.18. The third kappa shape index (κ3) is 6.17. The molecule has 2 fully saturated rings. The van der Waals surface area contributed by atoms with Crippen LogP contribution in [-0.4, -0.2) is 65.1 Å². The summed E-state index contributed by atoms with van der Waals surface area (Å²) in [5.41, 5.74) is 2.88. The Morgan fingerprint density at radius 3 is 2.74 bits per heavy atom. The highest BCUT2D eigenvalue weighted by molar-refractivity contribution is 5.92. The topological polar surface area (TPSA) is 66.3 Å². The van der Waals surface area contributed by atoms with Gasteiger partial charge in [0.2, 0.25) is 0 Å². The van der Waals surface area contributed by atoms with E-state index in [0.29, 0.717) is 17.8 Å². The Morgan fingerprint density at radius 2 is 2.00 bits per heavy atom. The van der Waals surface area contributed by atoms with Crippen LogP contribution in [0.5, 0.6) is 0 Å². The first-order valence-electron chi connectivity index (χ1n) is 11.5. The van der Waals surface area contributed by atoms with E-state index in [1.165, 1.54) is 30.5 Å². The van der Waals surface area contributed by atoms with Gasteiger partial charge >= 0.3 is 0 Å². The van der Waals surface area contributed by atoms with Crippen molar-refractivity contribution in [3.05, 3.63) is 47.8 Å². The molecule has 166 valence electrons. The van der Waals surface area contributed by atoms with E-state index < -0.39 is 0 Å². The monoisotopic (exact) mass is 422 g/mol. The van der Waals surface area contributed by atoms with Crippen molar-refractivity contribution in [3.8, 4) is 0 Å². The van der Waals surface area contributed by atoms with Crippen molar-refractivity contribution in [2.24, 2.45) is 0 Å². The fourth-order valence-electron chi connectivity index (χ4n) is 4.12. The highest BCUT2D eigenvalue weighted by atomic mass is 16.2. The Balaban J connectivity index is 1.27. The van der Waals surface area contributed by atoms with Crippen LogP contribution in [-0.2, 0) is 6.54 Å². The molecule has 1 amide bonds. The largest absolute Gasteiger partial charge is 0.378 e. The summed E-state index contributed by atoms with van der Waals surface area (Å²) in [6.07, 6.45) is 13.2. The van der Waals surface area contributed by atoms with Gasteiger partial charge in [0.05, 0.1) is 6.20 Å². The second-order valence-electron chi connectivity index (χ2n) is 8.94. The smallest absolute Gasteiger partial charge is 0.273 e. The first-order chi connectivity index (χ1) is 15.1. The molecular weight excluding hydrogens is 388 g/mol. The maximum atomic E-state index is 12.1. The Morgan fingerprint density at radius 1 is 1.19 bits per heavy atom. The lowest BCUT2D eigenvalue weighted by molar-refractivity contribution is 0.0946. The van der Waals surface area contributed by atoms with Crippen LogP contribution < -0.4 is 10.2 Å². The molecule has 0 radical (unpaired) electrons. The summed E-state index contributed by atoms with van der Waals surface area (Å²) in [4.78, 5) is 16.8. The van der Waals surface area contributed by atoms with E-state index in [0.717, 1.165) is 38.9 Å². The lowest BCUT2D eigenvalue weighted by atomic mass is 9.99. The molecule has 1 saturated heterocycles. The van der Waals surface area contributed by atoms with Gasteiger partial charge in [0.15, 0.2) is 5.69 Å². The number of carbonyl (C=O) groups is 1. The van der Waals surface area contributed by atoms with E-state index in [2.05, 4.69) is 75.9 Å². The Bertz CT molecular complexity index is 884. The minimum Gasteiger partial charge on any atom is -0.378 e. The molecule has 1 atom stereocenters. The Hall–Kier alpha value is -2.67. The zero-order valence-electron chi connectivity index (χ0n) is 18.7. The first-order valence-corrected chi connectivity index (χ1v) is 11.5. The van der Waals surface area contributed by atoms with Crippen molar-refractivity contribution in [1.29, 1.82) is 0 Å². The molecule has 2 aromatic rings. The molecule has 0 spiro atoms. The average Bonchev–Trinajstić information content (AvgIpc) is 3.46. The van der Waals surface area contributed by atoms with Gasteiger partial charge in [-0.2, -0.15) is 0 Å². The van der Waals surface area contributed by atoms with Crippen LogP contribution in [0.3, 0.4) is 0 Å². The highest BCUT2D eigenvalue weighted by Gasteiger charge is 2.25. The van der Waals surface area contributed by atoms with E-state index in [1.54, 1.807) is 6.20 Å². The quantitative estimate of drug-likeness (QED) is 0.672. The van der Waals surface area contributed by atoms with Crippen LogP contribution in [0, 0.1) is 0 Å². The van der Waals surface area contributed by atoms with Gasteiger partial charge in [-0.3, -0.25) is 14.4 Å². The second-order valence-corrected chi connectivity index (χ2v) is 8.94. The lowest BCUT2D eigenvalue weighted by Crippen LogP contribution is -2.40. The summed E-state index contributed by atoms with van der Waals surface area (Å²) in [7, 11) is 4.12. The third-order valence-electron chi connectivity index (χ3n) is 6.18. The van der Waals surface area contributed by atoms with Crippen molar-refractivity contribution < 1.29 is 4.79 Å². The first kappa shape index (κ1) is 21.6. The van der Waals surface area contributed by atoms with Gasteiger partial charge in [-0.1, -0.05) is 35.9 Å². The van der Waals surface area contributed by atoms with Crippen LogP contribution in [0.25, 0.3) is 6.08 Å². The van der Waals surface area contributed by atoms with Crippen LogP contribution in [0.4, 0.5) is 5.69 Å². The summed E-state index contributed by atoms with van der Waals surface area (Å²) in [5.74, 6) is -0.100. The molecule has 7 heteroatoms. The second kappa shape index (κ2) is 10.1. The molecule has 1 aliphatic carbocycles. The number of aryl methyl sites for hydroxylation is 1. The summed E-state index contributed by atoms with van der Waals surface area (Å²) in [6, 6.07) is 9.53. The fraction of sp³-hybridized carbons (Fsp3) is 0.542. The zero-order chi connectivity index (χ0) is 21.6. The van der Waals surface area contributed by atoms with Crippen molar-refractivity contribution in [3.63, 3.8) is 0 Å². The minimum atomic E-state index is -0.100. The number of rotatable bonds is 9. The van der Waals surface area contributed by atoms with Crippen LogP contribution in [0.1, 0.15) is 54.6 Å². The van der Waals surface area contributed by atoms with Crippen molar-refractivity contribution in [2.75, 3.05) is 32.1 Å². The maximum Gasteiger partial charge on any atom is 0.273 e. The van der Waals surface area contributed by atoms with E-state index in [-0.39, 0.29) is 5.91 Å². The van der Waals surface area contributed by atoms with E-state index in [4.69, 9.17) is 0 Å². The Kier molecular flexibility index (Phi) is 7.02. The fourth-order valence-corrected chi connectivity index (χ4v) is 4.12. The lowest BCUT2D eigenvalue weighted by Gasteiger charge is -2.35. The number of nitrogens with zero attached hydrogens (tertiary/aromatic N) is 5. The van der Waals surface area contributed by atoms with Gasteiger partial charge < -0.3 is 10.2 Å². The van der Waals surface area contributed by atoms with E-state index in [1.807, 2.05) is 4.68 Å². The van der Waals surface area contributed by atoms with Crippen LogP contribution in [0.15, 0.2) is 36.5 Å². The van der Waals surface area contributed by atoms with Gasteiger partial charge in [0, 0.05) is 45.0 Å². The molecule has 1 aromatic heterocycles. The van der Waals surface area contributed by atoms with Gasteiger partial charge in [0.1, 0.15) is 0 Å². The predicted octanol–water partition coefficient (Wildman–Crippen LogP) is 3.19. The number of benzene rings is 1. The number of piperidine rings is 1. The molecule has 31 heavy (non-hydrogen) atoms. The maximum absolute atomic E-state index is 12.1. The van der Waals surface area contributed by atoms with Crippen LogP contribution in [0.2, 0.25) is 0 Å². The van der Waals surface area contributed by atoms with Gasteiger partial charge in [0.25, 0.3) is 5.91 Å². The number of hydrogen-bond acceptors (Lipinski definition) is 5. The highest BCUT2D eigenvalue weighted by Crippen LogP contribution is 2.21. The summed E-state index contributed by atoms with van der Waals surface area (Å²) in [6.45, 7) is 2.90. The molecule has 4 rings (SSSR count). The molecule has 1 aromatic carbocycles. The van der Waals surface area contributed by atoms with Crippen LogP contribution >= 0.6 is 0 Å². The molecule has 2 aliphatic rings. The van der Waals surface area contributed by atoms with E-state index >= 15 is 0 Å².